The molecule has 3 nitrogen and oxygen atoms in total. The standard InChI is InChI=1S/C6H11NO2S/c1-3-6(4-5-7)10(2,8)9/h6H,3-4H2,1-2H3. The van der Waals surface area contributed by atoms with Crippen molar-refractivity contribution in [3.63, 3.8) is 0 Å². The van der Waals surface area contributed by atoms with E-state index in [1.807, 2.05) is 6.07 Å². The molecule has 1 atom stereocenters. The van der Waals surface area contributed by atoms with Crippen molar-refractivity contribution in [3.8, 4) is 6.07 Å². The van der Waals surface area contributed by atoms with Crippen LogP contribution in [0.3, 0.4) is 0 Å². The summed E-state index contributed by atoms with van der Waals surface area (Å²) in [5.74, 6) is 0. The second kappa shape index (κ2) is 3.57. The van der Waals surface area contributed by atoms with E-state index >= 15 is 0 Å². The Kier molecular flexibility index (Phi) is 3.37. The molecule has 0 amide bonds. The summed E-state index contributed by atoms with van der Waals surface area (Å²) in [4.78, 5) is 0. The minimum atomic E-state index is -3.00. The lowest BCUT2D eigenvalue weighted by molar-refractivity contribution is 0.582. The number of nitriles is 1. The smallest absolute Gasteiger partial charge is 0.151 e. The zero-order chi connectivity index (χ0) is 8.20. The van der Waals surface area contributed by atoms with E-state index in [1.165, 1.54) is 6.26 Å². The van der Waals surface area contributed by atoms with Gasteiger partial charge in [0.15, 0.2) is 9.84 Å². The zero-order valence-corrected chi connectivity index (χ0v) is 6.98. The van der Waals surface area contributed by atoms with Crippen molar-refractivity contribution in [1.82, 2.24) is 0 Å². The maximum Gasteiger partial charge on any atom is 0.151 e. The number of nitrogens with zero attached hydrogens (tertiary/aromatic N) is 1. The Bertz CT molecular complexity index is 225. The predicted octanol–water partition coefficient (Wildman–Crippen LogP) is 0.723. The average molecular weight is 161 g/mol. The first-order chi connectivity index (χ1) is 4.52. The number of hydrogen-bond acceptors (Lipinski definition) is 3. The van der Waals surface area contributed by atoms with Gasteiger partial charge in [-0.3, -0.25) is 0 Å². The lowest BCUT2D eigenvalue weighted by Gasteiger charge is -2.06. The maximum atomic E-state index is 10.8. The molecule has 0 aromatic rings. The van der Waals surface area contributed by atoms with Crippen molar-refractivity contribution in [2.45, 2.75) is 25.0 Å². The molecule has 0 aliphatic rings. The lowest BCUT2D eigenvalue weighted by atomic mass is 10.3. The molecule has 0 radical (unpaired) electrons. The Morgan fingerprint density at radius 1 is 1.60 bits per heavy atom. The molecular formula is C6H11NO2S. The summed E-state index contributed by atoms with van der Waals surface area (Å²) < 4.78 is 21.6. The summed E-state index contributed by atoms with van der Waals surface area (Å²) in [5, 5.41) is 7.74. The summed E-state index contributed by atoms with van der Waals surface area (Å²) in [6.07, 6.45) is 1.79. The summed E-state index contributed by atoms with van der Waals surface area (Å²) in [5.41, 5.74) is 0. The minimum absolute atomic E-state index is 0.106. The van der Waals surface area contributed by atoms with Crippen molar-refractivity contribution in [3.05, 3.63) is 0 Å². The van der Waals surface area contributed by atoms with Gasteiger partial charge in [0.2, 0.25) is 0 Å². The van der Waals surface area contributed by atoms with E-state index in [9.17, 15) is 8.42 Å². The van der Waals surface area contributed by atoms with E-state index in [4.69, 9.17) is 5.26 Å². The van der Waals surface area contributed by atoms with Crippen LogP contribution in [-0.2, 0) is 9.84 Å². The van der Waals surface area contributed by atoms with Gasteiger partial charge in [-0.25, -0.2) is 8.42 Å². The Balaban J connectivity index is 4.26. The third-order valence-corrected chi connectivity index (χ3v) is 3.09. The Morgan fingerprint density at radius 3 is 2.20 bits per heavy atom. The van der Waals surface area contributed by atoms with Crippen molar-refractivity contribution in [2.24, 2.45) is 0 Å². The molecule has 1 unspecified atom stereocenters. The van der Waals surface area contributed by atoms with Crippen molar-refractivity contribution in [2.75, 3.05) is 6.26 Å². The molecule has 0 aliphatic carbocycles. The molecule has 0 spiro atoms. The van der Waals surface area contributed by atoms with Crippen molar-refractivity contribution >= 4 is 9.84 Å². The van der Waals surface area contributed by atoms with Crippen LogP contribution < -0.4 is 0 Å². The fourth-order valence-electron chi connectivity index (χ4n) is 0.700. The third-order valence-electron chi connectivity index (χ3n) is 1.38. The number of sulfone groups is 1. The van der Waals surface area contributed by atoms with Gasteiger partial charge in [0.25, 0.3) is 0 Å². The Morgan fingerprint density at radius 2 is 2.10 bits per heavy atom. The highest BCUT2D eigenvalue weighted by Gasteiger charge is 2.17. The number of hydrogen-bond donors (Lipinski definition) is 0. The molecule has 10 heavy (non-hydrogen) atoms. The summed E-state index contributed by atoms with van der Waals surface area (Å²) >= 11 is 0. The molecule has 0 bridgehead atoms. The van der Waals surface area contributed by atoms with Gasteiger partial charge < -0.3 is 0 Å². The second-order valence-electron chi connectivity index (χ2n) is 2.22. The van der Waals surface area contributed by atoms with E-state index in [2.05, 4.69) is 0 Å². The molecule has 4 heteroatoms. The van der Waals surface area contributed by atoms with Crippen molar-refractivity contribution < 1.29 is 8.42 Å². The SMILES string of the molecule is CCC(CC#N)S(C)(=O)=O. The van der Waals surface area contributed by atoms with Crippen LogP contribution in [0.25, 0.3) is 0 Å². The van der Waals surface area contributed by atoms with Gasteiger partial charge in [0, 0.05) is 6.26 Å². The van der Waals surface area contributed by atoms with Gasteiger partial charge in [-0.2, -0.15) is 5.26 Å². The summed E-state index contributed by atoms with van der Waals surface area (Å²) in [7, 11) is -3.00. The van der Waals surface area contributed by atoms with Gasteiger partial charge in [0.1, 0.15) is 0 Å². The van der Waals surface area contributed by atoms with Gasteiger partial charge in [0.05, 0.1) is 17.7 Å². The normalized spacial score (nSPS) is 14.1. The largest absolute Gasteiger partial charge is 0.229 e. The fraction of sp³-hybridized carbons (Fsp3) is 0.833. The van der Waals surface area contributed by atoms with Crippen LogP contribution in [0, 0.1) is 11.3 Å². The van der Waals surface area contributed by atoms with E-state index in [-0.39, 0.29) is 6.42 Å². The fourth-order valence-corrected chi connectivity index (χ4v) is 1.68. The molecule has 0 rings (SSSR count). The Hall–Kier alpha value is -0.560. The first-order valence-electron chi connectivity index (χ1n) is 3.08. The van der Waals surface area contributed by atoms with E-state index in [1.54, 1.807) is 6.92 Å². The number of rotatable bonds is 3. The van der Waals surface area contributed by atoms with Crippen LogP contribution in [0.1, 0.15) is 19.8 Å². The van der Waals surface area contributed by atoms with E-state index in [0.717, 1.165) is 0 Å². The minimum Gasteiger partial charge on any atom is -0.229 e. The monoisotopic (exact) mass is 161 g/mol. The van der Waals surface area contributed by atoms with Crippen LogP contribution in [0.2, 0.25) is 0 Å². The zero-order valence-electron chi connectivity index (χ0n) is 6.16. The van der Waals surface area contributed by atoms with Gasteiger partial charge >= 0.3 is 0 Å². The highest BCUT2D eigenvalue weighted by molar-refractivity contribution is 7.91. The quantitative estimate of drug-likeness (QED) is 0.613. The van der Waals surface area contributed by atoms with Crippen LogP contribution in [0.15, 0.2) is 0 Å². The first-order valence-corrected chi connectivity index (χ1v) is 5.03. The van der Waals surface area contributed by atoms with Crippen LogP contribution in [0.5, 0.6) is 0 Å². The highest BCUT2D eigenvalue weighted by atomic mass is 32.2. The average Bonchev–Trinajstić information content (AvgIpc) is 1.80. The van der Waals surface area contributed by atoms with Crippen LogP contribution in [-0.4, -0.2) is 19.9 Å². The van der Waals surface area contributed by atoms with Gasteiger partial charge in [-0.05, 0) is 6.42 Å². The predicted molar refractivity (Wildman–Crippen MR) is 39.2 cm³/mol. The molecule has 0 aliphatic heterocycles. The highest BCUT2D eigenvalue weighted by Crippen LogP contribution is 2.07. The molecule has 0 aromatic heterocycles. The van der Waals surface area contributed by atoms with Crippen LogP contribution >= 0.6 is 0 Å². The van der Waals surface area contributed by atoms with E-state index < -0.39 is 15.1 Å². The molecule has 0 heterocycles. The maximum absolute atomic E-state index is 10.8. The molecule has 0 saturated heterocycles. The second-order valence-corrected chi connectivity index (χ2v) is 4.55. The van der Waals surface area contributed by atoms with Gasteiger partial charge in [-0.15, -0.1) is 0 Å². The molecule has 0 saturated carbocycles. The topological polar surface area (TPSA) is 57.9 Å². The molecule has 0 N–H and O–H groups in total. The lowest BCUT2D eigenvalue weighted by Crippen LogP contribution is -2.17. The first kappa shape index (κ1) is 9.44. The Labute approximate surface area is 61.6 Å². The van der Waals surface area contributed by atoms with Crippen LogP contribution in [0.4, 0.5) is 0 Å². The van der Waals surface area contributed by atoms with E-state index in [0.29, 0.717) is 6.42 Å². The summed E-state index contributed by atoms with van der Waals surface area (Å²) in [6.45, 7) is 1.77. The molecule has 58 valence electrons. The molecular weight excluding hydrogens is 150 g/mol. The third kappa shape index (κ3) is 2.83. The molecule has 0 aromatic carbocycles. The summed E-state index contributed by atoms with van der Waals surface area (Å²) in [6, 6.07) is 1.85. The van der Waals surface area contributed by atoms with Gasteiger partial charge in [-0.1, -0.05) is 6.92 Å². The van der Waals surface area contributed by atoms with Crippen molar-refractivity contribution in [1.29, 1.82) is 5.26 Å². The molecule has 0 fully saturated rings.